The van der Waals surface area contributed by atoms with Crippen LogP contribution in [0.4, 0.5) is 0 Å². The Hall–Kier alpha value is -0.830. The predicted octanol–water partition coefficient (Wildman–Crippen LogP) is 4.49. The zero-order chi connectivity index (χ0) is 12.1. The summed E-state index contributed by atoms with van der Waals surface area (Å²) in [5.41, 5.74) is 1.29. The lowest BCUT2D eigenvalue weighted by Crippen LogP contribution is -2.22. The highest BCUT2D eigenvalue weighted by molar-refractivity contribution is 7.16. The van der Waals surface area contributed by atoms with Gasteiger partial charge in [-0.25, -0.2) is 0 Å². The molecule has 0 aliphatic carbocycles. The van der Waals surface area contributed by atoms with Gasteiger partial charge in [0.15, 0.2) is 0 Å². The number of nitrogens with one attached hydrogen (secondary N) is 1. The first-order chi connectivity index (χ1) is 8.31. The Labute approximate surface area is 111 Å². The van der Waals surface area contributed by atoms with Crippen molar-refractivity contribution in [2.24, 2.45) is 0 Å². The number of hydrogen-bond acceptors (Lipinski definition) is 2. The molecular formula is C14H16ClNS. The van der Waals surface area contributed by atoms with Crippen molar-refractivity contribution in [1.82, 2.24) is 5.32 Å². The average molecular weight is 266 g/mol. The molecule has 0 saturated heterocycles. The van der Waals surface area contributed by atoms with Gasteiger partial charge in [0.05, 0.1) is 10.4 Å². The minimum Gasteiger partial charge on any atom is -0.306 e. The van der Waals surface area contributed by atoms with Gasteiger partial charge in [-0.2, -0.15) is 0 Å². The number of rotatable bonds is 5. The number of halogens is 1. The van der Waals surface area contributed by atoms with Crippen molar-refractivity contribution >= 4 is 22.9 Å². The van der Waals surface area contributed by atoms with E-state index in [4.69, 9.17) is 11.6 Å². The predicted molar refractivity (Wildman–Crippen MR) is 75.9 cm³/mol. The van der Waals surface area contributed by atoms with Crippen LogP contribution in [-0.2, 0) is 0 Å². The maximum atomic E-state index is 6.02. The molecule has 3 heteroatoms. The number of hydrogen-bond donors (Lipinski definition) is 1. The summed E-state index contributed by atoms with van der Waals surface area (Å²) in [7, 11) is 0. The normalized spacial score (nSPS) is 12.6. The molecule has 0 saturated carbocycles. The van der Waals surface area contributed by atoms with Crippen molar-refractivity contribution < 1.29 is 0 Å². The highest BCUT2D eigenvalue weighted by Crippen LogP contribution is 2.30. The molecule has 1 unspecified atom stereocenters. The Morgan fingerprint density at radius 2 is 1.94 bits per heavy atom. The zero-order valence-corrected chi connectivity index (χ0v) is 11.4. The van der Waals surface area contributed by atoms with Crippen LogP contribution < -0.4 is 5.32 Å². The van der Waals surface area contributed by atoms with Crippen LogP contribution in [0.25, 0.3) is 0 Å². The van der Waals surface area contributed by atoms with Crippen molar-refractivity contribution in [3.63, 3.8) is 0 Å². The van der Waals surface area contributed by atoms with E-state index >= 15 is 0 Å². The monoisotopic (exact) mass is 265 g/mol. The quantitative estimate of drug-likeness (QED) is 0.840. The largest absolute Gasteiger partial charge is 0.306 e. The molecule has 1 aromatic carbocycles. The standard InChI is InChI=1S/C14H16ClNS/c1-2-10-16-14(11-6-4-3-5-7-11)12-8-9-13(15)17-12/h3-9,14,16H,2,10H2,1H3. The summed E-state index contributed by atoms with van der Waals surface area (Å²) in [5, 5.41) is 3.57. The summed E-state index contributed by atoms with van der Waals surface area (Å²) >= 11 is 7.66. The lowest BCUT2D eigenvalue weighted by atomic mass is 10.1. The second-order valence-corrected chi connectivity index (χ2v) is 5.69. The Bertz CT molecular complexity index is 452. The van der Waals surface area contributed by atoms with E-state index in [1.165, 1.54) is 10.4 Å². The van der Waals surface area contributed by atoms with Crippen molar-refractivity contribution in [3.8, 4) is 0 Å². The molecule has 1 heterocycles. The van der Waals surface area contributed by atoms with E-state index in [2.05, 4.69) is 42.6 Å². The van der Waals surface area contributed by atoms with Crippen LogP contribution in [0.3, 0.4) is 0 Å². The smallest absolute Gasteiger partial charge is 0.0931 e. The van der Waals surface area contributed by atoms with Gasteiger partial charge in [0.1, 0.15) is 0 Å². The summed E-state index contributed by atoms with van der Waals surface area (Å²) in [5.74, 6) is 0. The highest BCUT2D eigenvalue weighted by Gasteiger charge is 2.14. The Kier molecular flexibility index (Phi) is 4.60. The third kappa shape index (κ3) is 3.32. The highest BCUT2D eigenvalue weighted by atomic mass is 35.5. The summed E-state index contributed by atoms with van der Waals surface area (Å²) in [4.78, 5) is 1.27. The van der Waals surface area contributed by atoms with Crippen molar-refractivity contribution in [2.75, 3.05) is 6.54 Å². The summed E-state index contributed by atoms with van der Waals surface area (Å²) < 4.78 is 0.847. The minimum atomic E-state index is 0.258. The maximum absolute atomic E-state index is 6.02. The van der Waals surface area contributed by atoms with Gasteiger partial charge in [0, 0.05) is 4.88 Å². The number of thiophene rings is 1. The fraction of sp³-hybridized carbons (Fsp3) is 0.286. The molecule has 1 atom stereocenters. The molecule has 90 valence electrons. The topological polar surface area (TPSA) is 12.0 Å². The molecule has 0 radical (unpaired) electrons. The van der Waals surface area contributed by atoms with Crippen LogP contribution in [0, 0.1) is 0 Å². The molecule has 1 N–H and O–H groups in total. The van der Waals surface area contributed by atoms with Gasteiger partial charge in [0.2, 0.25) is 0 Å². The van der Waals surface area contributed by atoms with E-state index in [9.17, 15) is 0 Å². The first-order valence-electron chi connectivity index (χ1n) is 5.85. The second-order valence-electron chi connectivity index (χ2n) is 3.94. The van der Waals surface area contributed by atoms with Gasteiger partial charge in [-0.15, -0.1) is 11.3 Å². The van der Waals surface area contributed by atoms with Crippen molar-refractivity contribution in [2.45, 2.75) is 19.4 Å². The molecule has 1 aromatic heterocycles. The molecule has 0 amide bonds. The third-order valence-electron chi connectivity index (χ3n) is 2.61. The lowest BCUT2D eigenvalue weighted by Gasteiger charge is -2.17. The maximum Gasteiger partial charge on any atom is 0.0931 e. The van der Waals surface area contributed by atoms with Crippen molar-refractivity contribution in [3.05, 3.63) is 57.2 Å². The Morgan fingerprint density at radius 1 is 1.18 bits per heavy atom. The van der Waals surface area contributed by atoms with Gasteiger partial charge in [-0.05, 0) is 30.7 Å². The minimum absolute atomic E-state index is 0.258. The van der Waals surface area contributed by atoms with E-state index in [1.807, 2.05) is 12.1 Å². The van der Waals surface area contributed by atoms with E-state index in [-0.39, 0.29) is 6.04 Å². The van der Waals surface area contributed by atoms with Crippen LogP contribution in [0.2, 0.25) is 4.34 Å². The molecule has 0 fully saturated rings. The van der Waals surface area contributed by atoms with Crippen LogP contribution in [0.5, 0.6) is 0 Å². The third-order valence-corrected chi connectivity index (χ3v) is 3.91. The molecule has 0 bridgehead atoms. The van der Waals surface area contributed by atoms with Gasteiger partial charge < -0.3 is 5.32 Å². The zero-order valence-electron chi connectivity index (χ0n) is 9.82. The first-order valence-corrected chi connectivity index (χ1v) is 7.04. The van der Waals surface area contributed by atoms with Crippen LogP contribution in [-0.4, -0.2) is 6.54 Å². The molecule has 1 nitrogen and oxygen atoms in total. The van der Waals surface area contributed by atoms with Gasteiger partial charge in [-0.3, -0.25) is 0 Å². The van der Waals surface area contributed by atoms with E-state index < -0.39 is 0 Å². The summed E-state index contributed by atoms with van der Waals surface area (Å²) in [6.45, 7) is 3.19. The fourth-order valence-corrected chi connectivity index (χ4v) is 2.97. The molecule has 17 heavy (non-hydrogen) atoms. The molecule has 2 rings (SSSR count). The first kappa shape index (κ1) is 12.6. The molecule has 2 aromatic rings. The lowest BCUT2D eigenvalue weighted by molar-refractivity contribution is 0.606. The van der Waals surface area contributed by atoms with E-state index in [1.54, 1.807) is 11.3 Å². The molecule has 0 aliphatic heterocycles. The van der Waals surface area contributed by atoms with E-state index in [0.29, 0.717) is 0 Å². The SMILES string of the molecule is CCCNC(c1ccccc1)c1ccc(Cl)s1. The summed E-state index contributed by atoms with van der Waals surface area (Å²) in [6, 6.07) is 14.8. The fourth-order valence-electron chi connectivity index (χ4n) is 1.80. The molecular weight excluding hydrogens is 250 g/mol. The Balaban J connectivity index is 2.25. The van der Waals surface area contributed by atoms with Crippen LogP contribution >= 0.6 is 22.9 Å². The second kappa shape index (κ2) is 6.20. The van der Waals surface area contributed by atoms with Crippen LogP contribution in [0.15, 0.2) is 42.5 Å². The molecule has 0 aliphatic rings. The van der Waals surface area contributed by atoms with Gasteiger partial charge in [0.25, 0.3) is 0 Å². The Morgan fingerprint density at radius 3 is 2.53 bits per heavy atom. The van der Waals surface area contributed by atoms with Crippen molar-refractivity contribution in [1.29, 1.82) is 0 Å². The molecule has 0 spiro atoms. The summed E-state index contributed by atoms with van der Waals surface area (Å²) in [6.07, 6.45) is 1.13. The average Bonchev–Trinajstić information content (AvgIpc) is 2.78. The van der Waals surface area contributed by atoms with Gasteiger partial charge in [-0.1, -0.05) is 48.9 Å². The van der Waals surface area contributed by atoms with Gasteiger partial charge >= 0.3 is 0 Å². The number of benzene rings is 1. The van der Waals surface area contributed by atoms with E-state index in [0.717, 1.165) is 17.3 Å². The van der Waals surface area contributed by atoms with Crippen LogP contribution in [0.1, 0.15) is 29.8 Å².